The van der Waals surface area contributed by atoms with Gasteiger partial charge in [0.05, 0.1) is 7.11 Å². The average molecular weight is 363 g/mol. The molecule has 0 aliphatic rings. The van der Waals surface area contributed by atoms with Gasteiger partial charge in [0.2, 0.25) is 0 Å². The number of carbonyl (C=O) groups is 1. The number of aromatic nitrogens is 1. The third-order valence-electron chi connectivity index (χ3n) is 3.78. The minimum absolute atomic E-state index is 0.251. The molecular weight excluding hydrogens is 342 g/mol. The van der Waals surface area contributed by atoms with Gasteiger partial charge in [0.1, 0.15) is 23.8 Å². The van der Waals surface area contributed by atoms with Gasteiger partial charge in [-0.25, -0.2) is 0 Å². The number of benzene rings is 2. The van der Waals surface area contributed by atoms with E-state index in [1.54, 1.807) is 19.4 Å². The number of pyridine rings is 1. The highest BCUT2D eigenvalue weighted by molar-refractivity contribution is 6.03. The fourth-order valence-corrected chi connectivity index (χ4v) is 2.42. The fraction of sp³-hybridized carbons (Fsp3) is 0.143. The van der Waals surface area contributed by atoms with Crippen LogP contribution in [0.1, 0.15) is 10.5 Å². The van der Waals surface area contributed by atoms with Crippen molar-refractivity contribution in [2.24, 2.45) is 0 Å². The second kappa shape index (κ2) is 9.24. The topological polar surface area (TPSA) is 72.5 Å². The van der Waals surface area contributed by atoms with Gasteiger partial charge >= 0.3 is 0 Å². The monoisotopic (exact) mass is 363 g/mol. The molecule has 0 aliphatic heterocycles. The molecule has 1 heterocycles. The van der Waals surface area contributed by atoms with Crippen LogP contribution >= 0.6 is 0 Å². The number of nitrogens with one attached hydrogen (secondary N) is 2. The van der Waals surface area contributed by atoms with Crippen molar-refractivity contribution in [3.05, 3.63) is 78.6 Å². The first-order valence-corrected chi connectivity index (χ1v) is 8.58. The summed E-state index contributed by atoms with van der Waals surface area (Å²) in [6.07, 6.45) is 1.60. The Kier molecular flexibility index (Phi) is 6.25. The molecule has 27 heavy (non-hydrogen) atoms. The van der Waals surface area contributed by atoms with Crippen molar-refractivity contribution in [3.8, 4) is 11.5 Å². The molecular formula is C21H21N3O3. The zero-order chi connectivity index (χ0) is 18.9. The number of amides is 1. The number of anilines is 2. The number of nitrogens with zero attached hydrogens (tertiary/aromatic N) is 1. The summed E-state index contributed by atoms with van der Waals surface area (Å²) < 4.78 is 10.8. The van der Waals surface area contributed by atoms with E-state index in [1.165, 1.54) is 0 Å². The number of hydrogen-bond acceptors (Lipinski definition) is 5. The summed E-state index contributed by atoms with van der Waals surface area (Å²) in [5, 5.41) is 6.05. The Labute approximate surface area is 158 Å². The number of ether oxygens (including phenoxy) is 2. The maximum Gasteiger partial charge on any atom is 0.274 e. The molecule has 0 aliphatic carbocycles. The van der Waals surface area contributed by atoms with Gasteiger partial charge in [-0.15, -0.1) is 0 Å². The average Bonchev–Trinajstić information content (AvgIpc) is 2.72. The van der Waals surface area contributed by atoms with E-state index in [2.05, 4.69) is 15.6 Å². The Balaban J connectivity index is 1.49. The minimum atomic E-state index is -0.251. The Morgan fingerprint density at radius 2 is 1.70 bits per heavy atom. The van der Waals surface area contributed by atoms with Gasteiger partial charge in [-0.1, -0.05) is 18.2 Å². The Morgan fingerprint density at radius 1 is 0.963 bits per heavy atom. The first-order chi connectivity index (χ1) is 13.2. The van der Waals surface area contributed by atoms with Crippen LogP contribution in [0.3, 0.4) is 0 Å². The van der Waals surface area contributed by atoms with Crippen LogP contribution in [0.25, 0.3) is 0 Å². The first-order valence-electron chi connectivity index (χ1n) is 8.58. The summed E-state index contributed by atoms with van der Waals surface area (Å²) in [6, 6.07) is 20.2. The van der Waals surface area contributed by atoms with E-state index in [1.807, 2.05) is 60.7 Å². The summed E-state index contributed by atoms with van der Waals surface area (Å²) >= 11 is 0. The molecule has 138 valence electrons. The Morgan fingerprint density at radius 3 is 2.44 bits per heavy atom. The molecule has 1 amide bonds. The van der Waals surface area contributed by atoms with Gasteiger partial charge in [0.15, 0.2) is 0 Å². The highest BCUT2D eigenvalue weighted by Crippen LogP contribution is 2.17. The Hall–Kier alpha value is -3.54. The zero-order valence-electron chi connectivity index (χ0n) is 15.0. The Bertz CT molecular complexity index is 867. The summed E-state index contributed by atoms with van der Waals surface area (Å²) in [4.78, 5) is 16.4. The molecule has 6 heteroatoms. The van der Waals surface area contributed by atoms with E-state index in [0.717, 1.165) is 22.9 Å². The van der Waals surface area contributed by atoms with Crippen LogP contribution in [0.5, 0.6) is 11.5 Å². The van der Waals surface area contributed by atoms with Crippen LogP contribution in [-0.4, -0.2) is 31.2 Å². The van der Waals surface area contributed by atoms with Gasteiger partial charge in [-0.3, -0.25) is 9.78 Å². The first kappa shape index (κ1) is 18.3. The summed E-state index contributed by atoms with van der Waals surface area (Å²) in [7, 11) is 1.63. The molecule has 2 N–H and O–H groups in total. The molecule has 0 fully saturated rings. The summed E-state index contributed by atoms with van der Waals surface area (Å²) in [5.74, 6) is 1.31. The van der Waals surface area contributed by atoms with Crippen LogP contribution in [0, 0.1) is 0 Å². The van der Waals surface area contributed by atoms with E-state index in [-0.39, 0.29) is 5.91 Å². The lowest BCUT2D eigenvalue weighted by molar-refractivity contribution is 0.102. The van der Waals surface area contributed by atoms with Crippen molar-refractivity contribution < 1.29 is 14.3 Å². The lowest BCUT2D eigenvalue weighted by Gasteiger charge is -2.10. The van der Waals surface area contributed by atoms with Crippen LogP contribution in [0.4, 0.5) is 11.4 Å². The van der Waals surface area contributed by atoms with Crippen LogP contribution in [0.2, 0.25) is 0 Å². The van der Waals surface area contributed by atoms with Crippen molar-refractivity contribution in [2.45, 2.75) is 0 Å². The smallest absolute Gasteiger partial charge is 0.274 e. The van der Waals surface area contributed by atoms with Gasteiger partial charge in [-0.05, 0) is 48.5 Å². The molecule has 1 aromatic heterocycles. The summed E-state index contributed by atoms with van der Waals surface area (Å²) in [6.45, 7) is 1.08. The minimum Gasteiger partial charge on any atom is -0.497 e. The highest BCUT2D eigenvalue weighted by atomic mass is 16.5. The maximum absolute atomic E-state index is 12.3. The molecule has 3 aromatic rings. The van der Waals surface area contributed by atoms with Gasteiger partial charge in [0, 0.05) is 24.1 Å². The van der Waals surface area contributed by atoms with Crippen molar-refractivity contribution in [1.29, 1.82) is 0 Å². The third kappa shape index (κ3) is 5.47. The van der Waals surface area contributed by atoms with Crippen LogP contribution in [-0.2, 0) is 0 Å². The van der Waals surface area contributed by atoms with Crippen LogP contribution in [0.15, 0.2) is 72.9 Å². The van der Waals surface area contributed by atoms with E-state index in [4.69, 9.17) is 9.47 Å². The highest BCUT2D eigenvalue weighted by Gasteiger charge is 2.08. The largest absolute Gasteiger partial charge is 0.497 e. The second-order valence-corrected chi connectivity index (χ2v) is 5.70. The van der Waals surface area contributed by atoms with Crippen molar-refractivity contribution in [2.75, 3.05) is 30.9 Å². The predicted molar refractivity (Wildman–Crippen MR) is 106 cm³/mol. The molecule has 0 atom stereocenters. The standard InChI is InChI=1S/C21H21N3O3/c1-26-18-7-9-19(10-8-18)27-14-13-22-17-11-12-23-20(15-17)21(25)24-16-5-3-2-4-6-16/h2-12,15H,13-14H2,1H3,(H,22,23)(H,24,25). The molecule has 0 bridgehead atoms. The molecule has 0 spiro atoms. The summed E-state index contributed by atoms with van der Waals surface area (Å²) in [5.41, 5.74) is 1.89. The van der Waals surface area contributed by atoms with Crippen molar-refractivity contribution >= 4 is 17.3 Å². The molecule has 6 nitrogen and oxygen atoms in total. The fourth-order valence-electron chi connectivity index (χ4n) is 2.42. The lowest BCUT2D eigenvalue weighted by atomic mass is 10.2. The van der Waals surface area contributed by atoms with Crippen molar-refractivity contribution in [1.82, 2.24) is 4.98 Å². The molecule has 0 radical (unpaired) electrons. The quantitative estimate of drug-likeness (QED) is 0.595. The van der Waals surface area contributed by atoms with E-state index < -0.39 is 0 Å². The van der Waals surface area contributed by atoms with Crippen LogP contribution < -0.4 is 20.1 Å². The van der Waals surface area contributed by atoms with Gasteiger partial charge < -0.3 is 20.1 Å². The maximum atomic E-state index is 12.3. The van der Waals surface area contributed by atoms with Crippen molar-refractivity contribution in [3.63, 3.8) is 0 Å². The van der Waals surface area contributed by atoms with Gasteiger partial charge in [-0.2, -0.15) is 0 Å². The van der Waals surface area contributed by atoms with E-state index in [0.29, 0.717) is 18.8 Å². The van der Waals surface area contributed by atoms with E-state index >= 15 is 0 Å². The number of para-hydroxylation sites is 1. The SMILES string of the molecule is COc1ccc(OCCNc2ccnc(C(=O)Nc3ccccc3)c2)cc1. The number of carbonyl (C=O) groups excluding carboxylic acids is 1. The third-order valence-corrected chi connectivity index (χ3v) is 3.78. The normalized spacial score (nSPS) is 10.1. The zero-order valence-corrected chi connectivity index (χ0v) is 15.0. The number of hydrogen-bond donors (Lipinski definition) is 2. The van der Waals surface area contributed by atoms with E-state index in [9.17, 15) is 4.79 Å². The predicted octanol–water partition coefficient (Wildman–Crippen LogP) is 3.83. The van der Waals surface area contributed by atoms with Gasteiger partial charge in [0.25, 0.3) is 5.91 Å². The molecule has 0 unspecified atom stereocenters. The lowest BCUT2D eigenvalue weighted by Crippen LogP contribution is -2.15. The molecule has 3 rings (SSSR count). The molecule has 0 saturated carbocycles. The second-order valence-electron chi connectivity index (χ2n) is 5.70. The molecule has 2 aromatic carbocycles. The number of methoxy groups -OCH3 is 1. The molecule has 0 saturated heterocycles. The number of rotatable bonds is 8.